The molecule has 40 heavy (non-hydrogen) atoms. The van der Waals surface area contributed by atoms with Crippen molar-refractivity contribution >= 4 is 23.7 Å². The van der Waals surface area contributed by atoms with E-state index < -0.39 is 24.3 Å². The maximum Gasteiger partial charge on any atom is 0.490 e. The fraction of sp³-hybridized carbons (Fsp3) is 0.400. The molecule has 1 amide bonds. The molecule has 15 heteroatoms. The first-order valence-corrected chi connectivity index (χ1v) is 11.7. The normalized spacial score (nSPS) is 18.2. The molecule has 2 N–H and O–H groups in total. The van der Waals surface area contributed by atoms with Crippen molar-refractivity contribution in [3.63, 3.8) is 0 Å². The summed E-state index contributed by atoms with van der Waals surface area (Å²) in [6, 6.07) is 10.1. The van der Waals surface area contributed by atoms with Gasteiger partial charge >= 0.3 is 24.3 Å². The van der Waals surface area contributed by atoms with Crippen molar-refractivity contribution in [2.75, 3.05) is 24.5 Å². The number of halogens is 6. The minimum atomic E-state index is -5.08. The summed E-state index contributed by atoms with van der Waals surface area (Å²) in [5, 5.41) is 14.2. The van der Waals surface area contributed by atoms with Gasteiger partial charge in [0.25, 0.3) is 0 Å². The smallest absolute Gasteiger partial charge is 0.475 e. The van der Waals surface area contributed by atoms with Gasteiger partial charge in [0.1, 0.15) is 5.82 Å². The number of likely N-dealkylation sites (tertiary alicyclic amines) is 1. The van der Waals surface area contributed by atoms with Crippen LogP contribution in [-0.4, -0.2) is 80.5 Å². The van der Waals surface area contributed by atoms with Crippen LogP contribution in [0.15, 0.2) is 61.6 Å². The highest BCUT2D eigenvalue weighted by Gasteiger charge is 2.53. The van der Waals surface area contributed by atoms with Gasteiger partial charge in [0.05, 0.1) is 5.54 Å². The zero-order valence-electron chi connectivity index (χ0n) is 20.9. The molecule has 2 aliphatic rings. The van der Waals surface area contributed by atoms with Crippen molar-refractivity contribution in [3.05, 3.63) is 67.1 Å². The summed E-state index contributed by atoms with van der Waals surface area (Å²) in [6.07, 6.45) is -0.380. The molecule has 2 saturated heterocycles. The van der Waals surface area contributed by atoms with E-state index in [9.17, 15) is 31.1 Å². The molecule has 2 aromatic heterocycles. The maximum absolute atomic E-state index is 12.8. The molecule has 1 unspecified atom stereocenters. The number of carbonyl (C=O) groups is 3. The van der Waals surface area contributed by atoms with Crippen molar-refractivity contribution in [1.82, 2.24) is 14.9 Å². The van der Waals surface area contributed by atoms with Crippen molar-refractivity contribution in [2.24, 2.45) is 0 Å². The number of aromatic nitrogens is 2. The summed E-state index contributed by atoms with van der Waals surface area (Å²) < 4.78 is 63.5. The van der Waals surface area contributed by atoms with Crippen molar-refractivity contribution in [2.45, 2.75) is 43.1 Å². The molecule has 9 nitrogen and oxygen atoms in total. The average Bonchev–Trinajstić information content (AvgIpc) is 3.16. The second-order valence-electron chi connectivity index (χ2n) is 8.71. The first-order valence-electron chi connectivity index (χ1n) is 11.7. The number of amides is 1. The number of pyridine rings is 2. The maximum atomic E-state index is 12.8. The largest absolute Gasteiger partial charge is 0.490 e. The van der Waals surface area contributed by atoms with Gasteiger partial charge in [-0.3, -0.25) is 9.78 Å². The molecule has 0 aromatic carbocycles. The lowest BCUT2D eigenvalue weighted by Gasteiger charge is -2.48. The van der Waals surface area contributed by atoms with Gasteiger partial charge in [-0.05, 0) is 42.7 Å². The molecule has 218 valence electrons. The summed E-state index contributed by atoms with van der Waals surface area (Å²) in [7, 11) is 0. The molecule has 2 aromatic rings. The lowest BCUT2D eigenvalue weighted by molar-refractivity contribution is -0.193. The molecule has 0 saturated carbocycles. The first kappa shape index (κ1) is 32.0. The van der Waals surface area contributed by atoms with E-state index in [4.69, 9.17) is 19.8 Å². The monoisotopic (exact) mass is 576 g/mol. The quantitative estimate of drug-likeness (QED) is 0.408. The van der Waals surface area contributed by atoms with E-state index >= 15 is 0 Å². The number of anilines is 1. The van der Waals surface area contributed by atoms with Crippen molar-refractivity contribution in [1.29, 1.82) is 0 Å². The van der Waals surface area contributed by atoms with E-state index in [2.05, 4.69) is 44.5 Å². The van der Waals surface area contributed by atoms with Crippen LogP contribution in [0.4, 0.5) is 32.2 Å². The van der Waals surface area contributed by atoms with Crippen LogP contribution in [0.25, 0.3) is 0 Å². The summed E-state index contributed by atoms with van der Waals surface area (Å²) in [5.41, 5.74) is 1.07. The van der Waals surface area contributed by atoms with Crippen molar-refractivity contribution in [3.8, 4) is 0 Å². The SMILES string of the molecule is C=CCN1C(=O)CC(c2ccncc2)C12CCN(c1ccccn1)CC2.O=C(O)C(F)(F)F.O=C(O)C(F)(F)F. The molecule has 0 bridgehead atoms. The zero-order chi connectivity index (χ0) is 30.1. The molecule has 2 fully saturated rings. The predicted molar refractivity (Wildman–Crippen MR) is 129 cm³/mol. The standard InChI is InChI=1S/C21H24N4O.2C2HF3O2/c1-2-13-25-20(26)16-18(17-6-11-22-12-7-17)21(25)8-14-24(15-9-21)19-5-3-4-10-23-19;2*3-2(4,5)1(6)7/h2-7,10-12,18H,1,8-9,13-16H2;2*(H,6,7). The number of carboxylic acids is 2. The highest BCUT2D eigenvalue weighted by molar-refractivity contribution is 5.82. The minimum absolute atomic E-state index is 0.141. The highest BCUT2D eigenvalue weighted by Crippen LogP contribution is 2.49. The van der Waals surface area contributed by atoms with Crippen LogP contribution in [0.2, 0.25) is 0 Å². The number of piperidine rings is 1. The van der Waals surface area contributed by atoms with Crippen LogP contribution in [-0.2, 0) is 14.4 Å². The molecule has 4 heterocycles. The van der Waals surface area contributed by atoms with E-state index in [0.717, 1.165) is 31.7 Å². The van der Waals surface area contributed by atoms with E-state index in [-0.39, 0.29) is 17.4 Å². The van der Waals surface area contributed by atoms with E-state index in [1.807, 2.05) is 36.8 Å². The number of hydrogen-bond acceptors (Lipinski definition) is 6. The molecule has 2 aliphatic heterocycles. The summed E-state index contributed by atoms with van der Waals surface area (Å²) in [6.45, 7) is 6.29. The van der Waals surface area contributed by atoms with Gasteiger partial charge in [-0.25, -0.2) is 14.6 Å². The third-order valence-corrected chi connectivity index (χ3v) is 6.37. The summed E-state index contributed by atoms with van der Waals surface area (Å²) in [4.78, 5) is 43.6. The number of carbonyl (C=O) groups excluding carboxylic acids is 1. The number of aliphatic carboxylic acids is 2. The Kier molecular flexibility index (Phi) is 10.6. The highest BCUT2D eigenvalue weighted by atomic mass is 19.4. The summed E-state index contributed by atoms with van der Waals surface area (Å²) in [5.74, 6) is -4.05. The number of carboxylic acid groups (broad SMARTS) is 2. The number of hydrogen-bond donors (Lipinski definition) is 2. The van der Waals surface area contributed by atoms with Gasteiger partial charge in [0.15, 0.2) is 0 Å². The number of nitrogens with zero attached hydrogens (tertiary/aromatic N) is 4. The van der Waals surface area contributed by atoms with Crippen LogP contribution < -0.4 is 4.90 Å². The number of alkyl halides is 6. The second kappa shape index (κ2) is 13.3. The predicted octanol–water partition coefficient (Wildman–Crippen LogP) is 4.28. The van der Waals surface area contributed by atoms with E-state index in [0.29, 0.717) is 13.0 Å². The van der Waals surface area contributed by atoms with Crippen LogP contribution in [0.1, 0.15) is 30.7 Å². The lowest BCUT2D eigenvalue weighted by Crippen LogP contribution is -2.55. The fourth-order valence-electron chi connectivity index (χ4n) is 4.63. The van der Waals surface area contributed by atoms with Gasteiger partial charge in [0, 0.05) is 50.6 Å². The Morgan fingerprint density at radius 1 is 0.975 bits per heavy atom. The van der Waals surface area contributed by atoms with Crippen molar-refractivity contribution < 1.29 is 50.9 Å². The van der Waals surface area contributed by atoms with E-state index in [1.165, 1.54) is 5.56 Å². The Labute approximate surface area is 224 Å². The Bertz CT molecular complexity index is 1130. The molecule has 0 aliphatic carbocycles. The molecule has 0 radical (unpaired) electrons. The third-order valence-electron chi connectivity index (χ3n) is 6.37. The molecule has 1 atom stereocenters. The Hall–Kier alpha value is -4.17. The van der Waals surface area contributed by atoms with Crippen LogP contribution in [0.5, 0.6) is 0 Å². The Morgan fingerprint density at radius 3 is 1.93 bits per heavy atom. The van der Waals surface area contributed by atoms with Gasteiger partial charge in [-0.1, -0.05) is 12.1 Å². The molecule has 1 spiro atoms. The molecule has 4 rings (SSSR count). The Morgan fingerprint density at radius 2 is 1.50 bits per heavy atom. The van der Waals surface area contributed by atoms with Crippen LogP contribution >= 0.6 is 0 Å². The van der Waals surface area contributed by atoms with Crippen LogP contribution in [0, 0.1) is 0 Å². The summed E-state index contributed by atoms with van der Waals surface area (Å²) >= 11 is 0. The van der Waals surface area contributed by atoms with Gasteiger partial charge < -0.3 is 20.0 Å². The number of rotatable bonds is 4. The van der Waals surface area contributed by atoms with Gasteiger partial charge in [0.2, 0.25) is 5.91 Å². The Balaban J connectivity index is 0.000000333. The van der Waals surface area contributed by atoms with Crippen LogP contribution in [0.3, 0.4) is 0 Å². The molecular formula is C25H26F6N4O5. The fourth-order valence-corrected chi connectivity index (χ4v) is 4.63. The third kappa shape index (κ3) is 8.16. The molecular weight excluding hydrogens is 550 g/mol. The zero-order valence-corrected chi connectivity index (χ0v) is 20.9. The second-order valence-corrected chi connectivity index (χ2v) is 8.71. The first-order chi connectivity index (χ1) is 18.6. The lowest BCUT2D eigenvalue weighted by atomic mass is 9.73. The van der Waals surface area contributed by atoms with Gasteiger partial charge in [-0.2, -0.15) is 26.3 Å². The topological polar surface area (TPSA) is 124 Å². The minimum Gasteiger partial charge on any atom is -0.475 e. The van der Waals surface area contributed by atoms with E-state index in [1.54, 1.807) is 0 Å². The van der Waals surface area contributed by atoms with Gasteiger partial charge in [-0.15, -0.1) is 6.58 Å². The average molecular weight is 576 g/mol.